The molecule has 218 valence electrons. The van der Waals surface area contributed by atoms with Crippen LogP contribution in [0.25, 0.3) is 27.7 Å². The summed E-state index contributed by atoms with van der Waals surface area (Å²) in [6.45, 7) is 5.59. The van der Waals surface area contributed by atoms with Crippen LogP contribution in [0.4, 0.5) is 4.79 Å². The maximum Gasteiger partial charge on any atom is 0.320 e. The van der Waals surface area contributed by atoms with Gasteiger partial charge in [-0.3, -0.25) is 9.20 Å². The predicted octanol–water partition coefficient (Wildman–Crippen LogP) is 4.79. The molecule has 3 aromatic heterocycles. The van der Waals surface area contributed by atoms with Gasteiger partial charge in [0.1, 0.15) is 5.65 Å². The first-order chi connectivity index (χ1) is 20.9. The summed E-state index contributed by atoms with van der Waals surface area (Å²) < 4.78 is 4.21. The van der Waals surface area contributed by atoms with Crippen molar-refractivity contribution in [2.75, 3.05) is 39.8 Å². The standard InChI is InChI=1S/C34H35N7O2/c1-37-11-7-34(8-12-37)9-13-40(22-34)33(43)39-15-14-38-21-27(26-17-23(18-35)16-24(20-39)32(26)38)25-5-6-29(42)31(25)28-19-36-30-4-2-3-10-41(28)30/h2-4,10,16-17,19,21H,5-9,11-15,20,22H2,1H3. The smallest absolute Gasteiger partial charge is 0.320 e. The highest BCUT2D eigenvalue weighted by Gasteiger charge is 2.42. The average molecular weight is 574 g/mol. The van der Waals surface area contributed by atoms with Crippen LogP contribution >= 0.6 is 0 Å². The second-order valence-electron chi connectivity index (χ2n) is 12.9. The van der Waals surface area contributed by atoms with E-state index >= 15 is 0 Å². The molecular formula is C34H35N7O2. The number of nitriles is 1. The quantitative estimate of drug-likeness (QED) is 0.344. The predicted molar refractivity (Wildman–Crippen MR) is 164 cm³/mol. The largest absolute Gasteiger partial charge is 0.345 e. The lowest BCUT2D eigenvalue weighted by Crippen LogP contribution is -2.45. The van der Waals surface area contributed by atoms with Crippen LogP contribution < -0.4 is 0 Å². The van der Waals surface area contributed by atoms with Gasteiger partial charge in [0, 0.05) is 68.1 Å². The number of pyridine rings is 1. The minimum atomic E-state index is 0.108. The van der Waals surface area contributed by atoms with Crippen LogP contribution in [0.2, 0.25) is 0 Å². The van der Waals surface area contributed by atoms with Crippen LogP contribution in [-0.4, -0.2) is 80.2 Å². The first-order valence-corrected chi connectivity index (χ1v) is 15.4. The number of rotatable bonds is 2. The Kier molecular flexibility index (Phi) is 5.99. The summed E-state index contributed by atoms with van der Waals surface area (Å²) in [4.78, 5) is 38.2. The summed E-state index contributed by atoms with van der Waals surface area (Å²) in [5, 5.41) is 11.0. The number of carbonyl (C=O) groups is 2. The number of allylic oxidation sites excluding steroid dienone is 2. The van der Waals surface area contributed by atoms with E-state index in [9.17, 15) is 14.9 Å². The molecule has 9 nitrogen and oxygen atoms in total. The van der Waals surface area contributed by atoms with Gasteiger partial charge in [0.15, 0.2) is 5.78 Å². The van der Waals surface area contributed by atoms with Gasteiger partial charge in [-0.15, -0.1) is 0 Å². The molecule has 8 rings (SSSR count). The number of imidazole rings is 1. The number of carbonyl (C=O) groups excluding carboxylic acids is 2. The molecule has 4 aromatic rings. The summed E-state index contributed by atoms with van der Waals surface area (Å²) >= 11 is 0. The highest BCUT2D eigenvalue weighted by Crippen LogP contribution is 2.43. The van der Waals surface area contributed by atoms with Crippen molar-refractivity contribution in [2.24, 2.45) is 5.41 Å². The van der Waals surface area contributed by atoms with Gasteiger partial charge in [0.05, 0.1) is 29.0 Å². The zero-order valence-electron chi connectivity index (χ0n) is 24.6. The number of urea groups is 1. The van der Waals surface area contributed by atoms with E-state index in [1.807, 2.05) is 45.8 Å². The van der Waals surface area contributed by atoms with Gasteiger partial charge < -0.3 is 19.3 Å². The Morgan fingerprint density at radius 2 is 1.86 bits per heavy atom. The fourth-order valence-electron chi connectivity index (χ4n) is 7.95. The maximum atomic E-state index is 13.9. The van der Waals surface area contributed by atoms with Crippen molar-refractivity contribution in [3.05, 3.63) is 71.3 Å². The van der Waals surface area contributed by atoms with Gasteiger partial charge in [-0.2, -0.15) is 5.26 Å². The van der Waals surface area contributed by atoms with E-state index in [4.69, 9.17) is 0 Å². The van der Waals surface area contributed by atoms with Crippen molar-refractivity contribution >= 4 is 39.5 Å². The molecule has 0 unspecified atom stereocenters. The van der Waals surface area contributed by atoms with E-state index in [-0.39, 0.29) is 17.2 Å². The van der Waals surface area contributed by atoms with Gasteiger partial charge in [0.2, 0.25) is 0 Å². The van der Waals surface area contributed by atoms with E-state index in [2.05, 4.69) is 38.7 Å². The number of ketones is 1. The Hall–Kier alpha value is -4.42. The van der Waals surface area contributed by atoms with Crippen LogP contribution in [0.15, 0.2) is 48.9 Å². The van der Waals surface area contributed by atoms with Crippen molar-refractivity contribution in [1.82, 2.24) is 28.7 Å². The first kappa shape index (κ1) is 26.2. The minimum absolute atomic E-state index is 0.108. The van der Waals surface area contributed by atoms with Gasteiger partial charge >= 0.3 is 6.03 Å². The zero-order valence-corrected chi connectivity index (χ0v) is 24.6. The number of hydrogen-bond donors (Lipinski definition) is 0. The second-order valence-corrected chi connectivity index (χ2v) is 12.9. The number of nitrogens with zero attached hydrogens (tertiary/aromatic N) is 7. The SMILES string of the molecule is CN1CCC2(CC1)CCN(C(=O)N1CCn3cc(C4=C(c5cnc6ccccn56)C(=O)CC4)c4cc(C#N)cc(c43)C1)C2. The third kappa shape index (κ3) is 4.19. The molecular weight excluding hydrogens is 538 g/mol. The Bertz CT molecular complexity index is 1880. The Labute approximate surface area is 250 Å². The lowest BCUT2D eigenvalue weighted by Gasteiger charge is -2.38. The molecule has 2 amide bonds. The molecule has 2 saturated heterocycles. The van der Waals surface area contributed by atoms with Crippen LogP contribution in [0, 0.1) is 16.7 Å². The van der Waals surface area contributed by atoms with Crippen LogP contribution in [0.3, 0.4) is 0 Å². The summed E-state index contributed by atoms with van der Waals surface area (Å²) in [6.07, 6.45) is 10.4. The van der Waals surface area contributed by atoms with Crippen LogP contribution in [0.1, 0.15) is 54.5 Å². The van der Waals surface area contributed by atoms with Crippen LogP contribution in [0.5, 0.6) is 0 Å². The van der Waals surface area contributed by atoms with Crippen LogP contribution in [-0.2, 0) is 17.9 Å². The third-order valence-electron chi connectivity index (χ3n) is 10.4. The fourth-order valence-corrected chi connectivity index (χ4v) is 7.95. The molecule has 2 fully saturated rings. The molecule has 0 bridgehead atoms. The van der Waals surface area contributed by atoms with E-state index < -0.39 is 0 Å². The molecule has 0 saturated carbocycles. The Balaban J connectivity index is 1.16. The number of fused-ring (bicyclic) bond motifs is 1. The lowest BCUT2D eigenvalue weighted by molar-refractivity contribution is -0.113. The normalized spacial score (nSPS) is 20.5. The second kappa shape index (κ2) is 9.81. The highest BCUT2D eigenvalue weighted by molar-refractivity contribution is 6.31. The van der Waals surface area contributed by atoms with E-state index in [0.717, 1.165) is 84.4 Å². The molecule has 43 heavy (non-hydrogen) atoms. The molecule has 0 N–H and O–H groups in total. The number of piperidine rings is 1. The summed E-state index contributed by atoms with van der Waals surface area (Å²) in [7, 11) is 2.18. The van der Waals surface area contributed by atoms with Gasteiger partial charge in [-0.25, -0.2) is 9.78 Å². The number of benzene rings is 1. The Morgan fingerprint density at radius 3 is 2.70 bits per heavy atom. The summed E-state index contributed by atoms with van der Waals surface area (Å²) in [5.41, 5.74) is 7.21. The molecule has 0 radical (unpaired) electrons. The number of hydrogen-bond acceptors (Lipinski definition) is 5. The topological polar surface area (TPSA) is 89.9 Å². The van der Waals surface area contributed by atoms with Crippen molar-refractivity contribution in [3.63, 3.8) is 0 Å². The van der Waals surface area contributed by atoms with Gasteiger partial charge in [-0.05, 0) is 86.6 Å². The molecule has 0 atom stereocenters. The molecule has 4 aliphatic rings. The first-order valence-electron chi connectivity index (χ1n) is 15.4. The number of Topliss-reactive ketones (excluding diaryl/α,β-unsaturated/α-hetero) is 1. The summed E-state index contributed by atoms with van der Waals surface area (Å²) in [5.74, 6) is 0.120. The molecule has 6 heterocycles. The van der Waals surface area contributed by atoms with Crippen molar-refractivity contribution < 1.29 is 9.59 Å². The number of likely N-dealkylation sites (tertiary alicyclic amines) is 2. The van der Waals surface area contributed by atoms with E-state index in [1.54, 1.807) is 6.20 Å². The maximum absolute atomic E-state index is 13.9. The monoisotopic (exact) mass is 573 g/mol. The Morgan fingerprint density at radius 1 is 1.02 bits per heavy atom. The highest BCUT2D eigenvalue weighted by atomic mass is 16.2. The van der Waals surface area contributed by atoms with Gasteiger partial charge in [0.25, 0.3) is 0 Å². The molecule has 1 aliphatic carbocycles. The molecule has 1 spiro atoms. The van der Waals surface area contributed by atoms with Crippen molar-refractivity contribution in [3.8, 4) is 6.07 Å². The van der Waals surface area contributed by atoms with Gasteiger partial charge in [-0.1, -0.05) is 6.07 Å². The van der Waals surface area contributed by atoms with E-state index in [1.165, 1.54) is 0 Å². The fraction of sp³-hybridized carbons (Fsp3) is 0.412. The van der Waals surface area contributed by atoms with Crippen molar-refractivity contribution in [2.45, 2.75) is 45.2 Å². The zero-order chi connectivity index (χ0) is 29.3. The van der Waals surface area contributed by atoms with E-state index in [0.29, 0.717) is 43.6 Å². The number of aromatic nitrogens is 3. The number of amides is 2. The third-order valence-corrected chi connectivity index (χ3v) is 10.4. The van der Waals surface area contributed by atoms with Crippen molar-refractivity contribution in [1.29, 1.82) is 5.26 Å². The average Bonchev–Trinajstić information content (AvgIpc) is 3.78. The molecule has 9 heteroatoms. The minimum Gasteiger partial charge on any atom is -0.345 e. The molecule has 3 aliphatic heterocycles. The lowest BCUT2D eigenvalue weighted by atomic mass is 9.78. The molecule has 1 aromatic carbocycles. The summed E-state index contributed by atoms with van der Waals surface area (Å²) in [6, 6.07) is 12.2.